The molecule has 26 heavy (non-hydrogen) atoms. The van der Waals surface area contributed by atoms with Crippen molar-refractivity contribution in [1.82, 2.24) is 0 Å². The molecular weight excluding hydrogens is 358 g/mol. The first-order chi connectivity index (χ1) is 12.5. The summed E-state index contributed by atoms with van der Waals surface area (Å²) in [7, 11) is 1.36. The SMILES string of the molecule is COc1cc([N+](=O)[O-])ccc1NC(=O)CC1Sc2ccccc2NC1=O. The second kappa shape index (κ2) is 7.44. The van der Waals surface area contributed by atoms with Gasteiger partial charge in [-0.25, -0.2) is 0 Å². The number of thioether (sulfide) groups is 1. The molecule has 2 aromatic rings. The average Bonchev–Trinajstić information content (AvgIpc) is 2.62. The zero-order valence-electron chi connectivity index (χ0n) is 13.7. The Morgan fingerprint density at radius 3 is 2.85 bits per heavy atom. The number of hydrogen-bond donors (Lipinski definition) is 2. The Labute approximate surface area is 153 Å². The molecule has 1 aliphatic heterocycles. The molecule has 0 spiro atoms. The predicted octanol–water partition coefficient (Wildman–Crippen LogP) is 3.04. The van der Waals surface area contributed by atoms with Crippen LogP contribution >= 0.6 is 11.8 Å². The Hall–Kier alpha value is -3.07. The van der Waals surface area contributed by atoms with Gasteiger partial charge in [-0.3, -0.25) is 19.7 Å². The number of carbonyl (C=O) groups excluding carboxylic acids is 2. The van der Waals surface area contributed by atoms with Crippen LogP contribution in [-0.4, -0.2) is 29.1 Å². The monoisotopic (exact) mass is 373 g/mol. The van der Waals surface area contributed by atoms with Crippen LogP contribution in [-0.2, 0) is 9.59 Å². The van der Waals surface area contributed by atoms with Crippen LogP contribution in [0.25, 0.3) is 0 Å². The summed E-state index contributed by atoms with van der Waals surface area (Å²) in [4.78, 5) is 35.7. The van der Waals surface area contributed by atoms with E-state index < -0.39 is 10.2 Å². The highest BCUT2D eigenvalue weighted by molar-refractivity contribution is 8.01. The van der Waals surface area contributed by atoms with Crippen molar-refractivity contribution >= 4 is 40.6 Å². The van der Waals surface area contributed by atoms with Crippen LogP contribution in [0.2, 0.25) is 0 Å². The maximum atomic E-state index is 12.3. The molecule has 0 aliphatic carbocycles. The second-order valence-electron chi connectivity index (χ2n) is 5.49. The van der Waals surface area contributed by atoms with Crippen molar-refractivity contribution in [2.24, 2.45) is 0 Å². The maximum absolute atomic E-state index is 12.3. The average molecular weight is 373 g/mol. The smallest absolute Gasteiger partial charge is 0.273 e. The number of nitrogens with zero attached hydrogens (tertiary/aromatic N) is 1. The number of fused-ring (bicyclic) bond motifs is 1. The van der Waals surface area contributed by atoms with Crippen LogP contribution in [0.3, 0.4) is 0 Å². The second-order valence-corrected chi connectivity index (χ2v) is 6.73. The van der Waals surface area contributed by atoms with Crippen molar-refractivity contribution in [1.29, 1.82) is 0 Å². The molecule has 9 heteroatoms. The number of non-ortho nitro benzene ring substituents is 1. The highest BCUT2D eigenvalue weighted by atomic mass is 32.2. The lowest BCUT2D eigenvalue weighted by molar-refractivity contribution is -0.384. The van der Waals surface area contributed by atoms with E-state index in [0.717, 1.165) is 10.6 Å². The molecule has 0 aromatic heterocycles. The van der Waals surface area contributed by atoms with Crippen molar-refractivity contribution in [2.45, 2.75) is 16.6 Å². The Morgan fingerprint density at radius 2 is 2.12 bits per heavy atom. The molecule has 1 heterocycles. The van der Waals surface area contributed by atoms with Gasteiger partial charge in [0.1, 0.15) is 5.75 Å². The number of anilines is 2. The molecule has 0 fully saturated rings. The highest BCUT2D eigenvalue weighted by Crippen LogP contribution is 2.37. The number of methoxy groups -OCH3 is 1. The van der Waals surface area contributed by atoms with Crippen LogP contribution in [0, 0.1) is 10.1 Å². The molecule has 2 N–H and O–H groups in total. The van der Waals surface area contributed by atoms with Crippen LogP contribution in [0.1, 0.15) is 6.42 Å². The first-order valence-electron chi connectivity index (χ1n) is 7.67. The van der Waals surface area contributed by atoms with Crippen molar-refractivity contribution in [3.8, 4) is 5.75 Å². The third kappa shape index (κ3) is 3.77. The summed E-state index contributed by atoms with van der Waals surface area (Å²) in [5.41, 5.74) is 0.902. The minimum absolute atomic E-state index is 0.0367. The number of rotatable bonds is 5. The number of carbonyl (C=O) groups is 2. The summed E-state index contributed by atoms with van der Waals surface area (Å²) in [5, 5.41) is 15.7. The highest BCUT2D eigenvalue weighted by Gasteiger charge is 2.29. The summed E-state index contributed by atoms with van der Waals surface area (Å²) in [5.74, 6) is -0.442. The van der Waals surface area contributed by atoms with Gasteiger partial charge in [0.05, 0.1) is 34.7 Å². The van der Waals surface area contributed by atoms with Crippen LogP contribution < -0.4 is 15.4 Å². The lowest BCUT2D eigenvalue weighted by atomic mass is 10.2. The first-order valence-corrected chi connectivity index (χ1v) is 8.54. The van der Waals surface area contributed by atoms with E-state index in [1.807, 2.05) is 18.2 Å². The standard InChI is InChI=1S/C17H15N3O5S/c1-25-13-8-10(20(23)24)6-7-11(13)18-16(21)9-15-17(22)19-12-4-2-3-5-14(12)26-15/h2-8,15H,9H2,1H3,(H,18,21)(H,19,22). The number of hydrogen-bond acceptors (Lipinski definition) is 6. The molecule has 2 amide bonds. The number of nitrogens with one attached hydrogen (secondary N) is 2. The van der Waals surface area contributed by atoms with Gasteiger partial charge in [-0.2, -0.15) is 0 Å². The molecule has 0 saturated carbocycles. The molecule has 1 aliphatic rings. The Balaban J connectivity index is 1.70. The molecule has 3 rings (SSSR count). The van der Waals surface area contributed by atoms with Gasteiger partial charge in [-0.15, -0.1) is 11.8 Å². The van der Waals surface area contributed by atoms with E-state index in [1.165, 1.54) is 37.1 Å². The van der Waals surface area contributed by atoms with E-state index in [9.17, 15) is 19.7 Å². The zero-order valence-corrected chi connectivity index (χ0v) is 14.5. The van der Waals surface area contributed by atoms with Crippen LogP contribution in [0.5, 0.6) is 5.75 Å². The quantitative estimate of drug-likeness (QED) is 0.616. The normalized spacial score (nSPS) is 15.6. The number of amides is 2. The van der Waals surface area contributed by atoms with Crippen molar-refractivity contribution in [2.75, 3.05) is 17.7 Å². The number of nitro groups is 1. The van der Waals surface area contributed by atoms with Crippen molar-refractivity contribution < 1.29 is 19.2 Å². The van der Waals surface area contributed by atoms with E-state index in [-0.39, 0.29) is 29.7 Å². The van der Waals surface area contributed by atoms with Gasteiger partial charge in [-0.1, -0.05) is 12.1 Å². The summed E-state index contributed by atoms with van der Waals surface area (Å²) >= 11 is 1.33. The van der Waals surface area contributed by atoms with Gasteiger partial charge >= 0.3 is 0 Å². The Morgan fingerprint density at radius 1 is 1.35 bits per heavy atom. The first kappa shape index (κ1) is 17.7. The molecule has 8 nitrogen and oxygen atoms in total. The van der Waals surface area contributed by atoms with Gasteiger partial charge in [-0.05, 0) is 18.2 Å². The largest absolute Gasteiger partial charge is 0.494 e. The zero-order chi connectivity index (χ0) is 18.7. The van der Waals surface area contributed by atoms with Gasteiger partial charge in [0.25, 0.3) is 5.69 Å². The van der Waals surface area contributed by atoms with Crippen LogP contribution in [0.4, 0.5) is 17.1 Å². The summed E-state index contributed by atoms with van der Waals surface area (Å²) < 4.78 is 5.09. The topological polar surface area (TPSA) is 111 Å². The lowest BCUT2D eigenvalue weighted by Crippen LogP contribution is -2.32. The Bertz CT molecular complexity index is 886. The third-order valence-corrected chi connectivity index (χ3v) is 5.02. The van der Waals surface area contributed by atoms with Crippen molar-refractivity contribution in [3.63, 3.8) is 0 Å². The number of nitro benzene ring substituents is 1. The minimum Gasteiger partial charge on any atom is -0.494 e. The fraction of sp³-hybridized carbons (Fsp3) is 0.176. The minimum atomic E-state index is -0.561. The predicted molar refractivity (Wildman–Crippen MR) is 97.6 cm³/mol. The van der Waals surface area contributed by atoms with Gasteiger partial charge in [0.15, 0.2) is 0 Å². The molecule has 0 bridgehead atoms. The van der Waals surface area contributed by atoms with Gasteiger partial charge in [0.2, 0.25) is 11.8 Å². The van der Waals surface area contributed by atoms with Gasteiger partial charge in [0, 0.05) is 17.4 Å². The maximum Gasteiger partial charge on any atom is 0.273 e. The van der Waals surface area contributed by atoms with E-state index in [1.54, 1.807) is 6.07 Å². The van der Waals surface area contributed by atoms with Crippen molar-refractivity contribution in [3.05, 3.63) is 52.6 Å². The molecule has 1 atom stereocenters. The van der Waals surface area contributed by atoms with Gasteiger partial charge < -0.3 is 15.4 Å². The number of ether oxygens (including phenoxy) is 1. The summed E-state index contributed by atoms with van der Waals surface area (Å²) in [6.45, 7) is 0. The lowest BCUT2D eigenvalue weighted by Gasteiger charge is -2.23. The van der Waals surface area contributed by atoms with E-state index in [0.29, 0.717) is 5.69 Å². The third-order valence-electron chi connectivity index (χ3n) is 3.75. The summed E-state index contributed by atoms with van der Waals surface area (Å²) in [6, 6.07) is 11.3. The fourth-order valence-corrected chi connectivity index (χ4v) is 3.60. The van der Waals surface area contributed by atoms with E-state index in [4.69, 9.17) is 4.74 Å². The van der Waals surface area contributed by atoms with E-state index in [2.05, 4.69) is 10.6 Å². The Kier molecular flexibility index (Phi) is 5.08. The number of benzene rings is 2. The summed E-state index contributed by atoms with van der Waals surface area (Å²) in [6.07, 6.45) is -0.0367. The molecule has 134 valence electrons. The number of para-hydroxylation sites is 1. The molecule has 2 aromatic carbocycles. The van der Waals surface area contributed by atoms with Crippen LogP contribution in [0.15, 0.2) is 47.4 Å². The molecule has 0 saturated heterocycles. The molecular formula is C17H15N3O5S. The molecule has 0 radical (unpaired) electrons. The van der Waals surface area contributed by atoms with E-state index >= 15 is 0 Å². The molecule has 1 unspecified atom stereocenters. The fourth-order valence-electron chi connectivity index (χ4n) is 2.49.